The number of hydrogen-bond acceptors (Lipinski definition) is 5. The monoisotopic (exact) mass is 385 g/mol. The molecule has 0 bridgehead atoms. The van der Waals surface area contributed by atoms with Crippen molar-refractivity contribution in [3.63, 3.8) is 0 Å². The predicted octanol–water partition coefficient (Wildman–Crippen LogP) is 4.50. The SMILES string of the molecule is C=Nc1cc(OC)c(OC)cc1/C(=C\C)N1CCC(C(C)CNC2CC2)CC1. The highest BCUT2D eigenvalue weighted by Crippen LogP contribution is 2.40. The predicted molar refractivity (Wildman–Crippen MR) is 117 cm³/mol. The van der Waals surface area contributed by atoms with Crippen molar-refractivity contribution in [2.45, 2.75) is 45.6 Å². The van der Waals surface area contributed by atoms with Crippen molar-refractivity contribution >= 4 is 18.1 Å². The lowest BCUT2D eigenvalue weighted by atomic mass is 9.85. The van der Waals surface area contributed by atoms with Gasteiger partial charge in [0.05, 0.1) is 19.9 Å². The summed E-state index contributed by atoms with van der Waals surface area (Å²) in [6, 6.07) is 4.72. The largest absolute Gasteiger partial charge is 0.493 e. The average molecular weight is 386 g/mol. The number of likely N-dealkylation sites (tertiary alicyclic amines) is 1. The molecule has 2 aliphatic rings. The van der Waals surface area contributed by atoms with Gasteiger partial charge in [0.2, 0.25) is 0 Å². The van der Waals surface area contributed by atoms with E-state index in [-0.39, 0.29) is 0 Å². The fourth-order valence-corrected chi connectivity index (χ4v) is 4.23. The Kier molecular flexibility index (Phi) is 7.00. The van der Waals surface area contributed by atoms with Crippen LogP contribution in [-0.4, -0.2) is 51.5 Å². The molecule has 0 aromatic heterocycles. The molecule has 5 heteroatoms. The van der Waals surface area contributed by atoms with Gasteiger partial charge in [-0.05, 0) is 63.8 Å². The number of nitrogens with one attached hydrogen (secondary N) is 1. The lowest BCUT2D eigenvalue weighted by Crippen LogP contribution is -2.37. The molecular formula is C23H35N3O2. The Morgan fingerprint density at radius 1 is 1.21 bits per heavy atom. The molecule has 1 unspecified atom stereocenters. The minimum atomic E-state index is 0.680. The van der Waals surface area contributed by atoms with Gasteiger partial charge in [0, 0.05) is 36.5 Å². The average Bonchev–Trinajstić information content (AvgIpc) is 3.57. The number of benzene rings is 1. The van der Waals surface area contributed by atoms with Gasteiger partial charge in [-0.15, -0.1) is 0 Å². The normalized spacial score (nSPS) is 19.4. The molecule has 1 aliphatic carbocycles. The smallest absolute Gasteiger partial charge is 0.162 e. The number of methoxy groups -OCH3 is 2. The fourth-order valence-electron chi connectivity index (χ4n) is 4.23. The maximum atomic E-state index is 5.52. The van der Waals surface area contributed by atoms with Gasteiger partial charge in [-0.1, -0.05) is 13.0 Å². The molecule has 1 heterocycles. The Labute approximate surface area is 169 Å². The summed E-state index contributed by atoms with van der Waals surface area (Å²) in [6.07, 6.45) is 7.36. The van der Waals surface area contributed by atoms with E-state index in [4.69, 9.17) is 9.47 Å². The summed E-state index contributed by atoms with van der Waals surface area (Å²) >= 11 is 0. The number of rotatable bonds is 9. The molecule has 0 amide bonds. The Morgan fingerprint density at radius 3 is 2.39 bits per heavy atom. The molecule has 154 valence electrons. The number of nitrogens with zero attached hydrogens (tertiary/aromatic N) is 2. The van der Waals surface area contributed by atoms with Crippen LogP contribution in [0.2, 0.25) is 0 Å². The first kappa shape index (κ1) is 20.7. The van der Waals surface area contributed by atoms with Crippen LogP contribution in [0.4, 0.5) is 5.69 Å². The number of ether oxygens (including phenoxy) is 2. The first-order chi connectivity index (χ1) is 13.6. The van der Waals surface area contributed by atoms with Crippen LogP contribution in [0.1, 0.15) is 45.1 Å². The van der Waals surface area contributed by atoms with E-state index in [1.54, 1.807) is 14.2 Å². The molecule has 1 saturated carbocycles. The standard InChI is InChI=1S/C23H35N3O2/c1-6-21(19-13-22(27-4)23(28-5)14-20(19)24-3)26-11-9-17(10-12-26)16(2)15-25-18-7-8-18/h6,13-14,16-18,25H,3,7-12,15H2,1-2,4-5H3/b21-6+. The van der Waals surface area contributed by atoms with Crippen LogP contribution in [0.15, 0.2) is 23.2 Å². The van der Waals surface area contributed by atoms with E-state index in [1.165, 1.54) is 31.4 Å². The highest BCUT2D eigenvalue weighted by molar-refractivity contribution is 5.77. The third-order valence-electron chi connectivity index (χ3n) is 6.21. The number of hydrogen-bond donors (Lipinski definition) is 1. The molecule has 3 rings (SSSR count). The summed E-state index contributed by atoms with van der Waals surface area (Å²) in [4.78, 5) is 6.73. The van der Waals surface area contributed by atoms with Gasteiger partial charge < -0.3 is 19.7 Å². The van der Waals surface area contributed by atoms with E-state index in [1.807, 2.05) is 12.1 Å². The zero-order valence-corrected chi connectivity index (χ0v) is 17.8. The Balaban J connectivity index is 1.70. The van der Waals surface area contributed by atoms with Crippen LogP contribution in [0.25, 0.3) is 5.70 Å². The van der Waals surface area contributed by atoms with Crippen LogP contribution in [0.3, 0.4) is 0 Å². The summed E-state index contributed by atoms with van der Waals surface area (Å²) in [5.74, 6) is 2.94. The second kappa shape index (κ2) is 9.46. The first-order valence-electron chi connectivity index (χ1n) is 10.5. The number of piperidine rings is 1. The molecule has 1 aliphatic heterocycles. The molecule has 5 nitrogen and oxygen atoms in total. The Hall–Kier alpha value is -2.01. The topological polar surface area (TPSA) is 46.1 Å². The minimum Gasteiger partial charge on any atom is -0.493 e. The highest BCUT2D eigenvalue weighted by atomic mass is 16.5. The zero-order chi connectivity index (χ0) is 20.1. The van der Waals surface area contributed by atoms with E-state index < -0.39 is 0 Å². The molecule has 1 aromatic carbocycles. The molecular weight excluding hydrogens is 350 g/mol. The molecule has 1 atom stereocenters. The van der Waals surface area contributed by atoms with Crippen molar-refractivity contribution in [1.82, 2.24) is 10.2 Å². The van der Waals surface area contributed by atoms with Gasteiger partial charge in [0.1, 0.15) is 0 Å². The second-order valence-electron chi connectivity index (χ2n) is 8.04. The van der Waals surface area contributed by atoms with E-state index in [2.05, 4.69) is 41.9 Å². The van der Waals surface area contributed by atoms with Crippen molar-refractivity contribution in [2.24, 2.45) is 16.8 Å². The van der Waals surface area contributed by atoms with Gasteiger partial charge in [0.15, 0.2) is 11.5 Å². The molecule has 1 aromatic rings. The lowest BCUT2D eigenvalue weighted by molar-refractivity contribution is 0.199. The quantitative estimate of drug-likeness (QED) is 0.636. The van der Waals surface area contributed by atoms with Crippen molar-refractivity contribution in [3.8, 4) is 11.5 Å². The first-order valence-corrected chi connectivity index (χ1v) is 10.5. The molecule has 1 saturated heterocycles. The molecule has 0 radical (unpaired) electrons. The third-order valence-corrected chi connectivity index (χ3v) is 6.21. The lowest BCUT2D eigenvalue weighted by Gasteiger charge is -2.38. The summed E-state index contributed by atoms with van der Waals surface area (Å²) in [7, 11) is 3.31. The summed E-state index contributed by atoms with van der Waals surface area (Å²) in [5, 5.41) is 3.69. The molecule has 2 fully saturated rings. The van der Waals surface area contributed by atoms with Gasteiger partial charge in [-0.2, -0.15) is 0 Å². The maximum absolute atomic E-state index is 5.52. The second-order valence-corrected chi connectivity index (χ2v) is 8.04. The van der Waals surface area contributed by atoms with Crippen LogP contribution in [0.5, 0.6) is 11.5 Å². The Morgan fingerprint density at radius 2 is 1.86 bits per heavy atom. The van der Waals surface area contributed by atoms with Gasteiger partial charge >= 0.3 is 0 Å². The minimum absolute atomic E-state index is 0.680. The van der Waals surface area contributed by atoms with Gasteiger partial charge in [-0.3, -0.25) is 4.99 Å². The van der Waals surface area contributed by atoms with Crippen molar-refractivity contribution < 1.29 is 9.47 Å². The van der Waals surface area contributed by atoms with E-state index in [0.29, 0.717) is 5.75 Å². The van der Waals surface area contributed by atoms with Crippen LogP contribution in [0, 0.1) is 11.8 Å². The zero-order valence-electron chi connectivity index (χ0n) is 17.8. The maximum Gasteiger partial charge on any atom is 0.162 e. The summed E-state index contributed by atoms with van der Waals surface area (Å²) in [6.45, 7) is 11.6. The van der Waals surface area contributed by atoms with Crippen molar-refractivity contribution in [1.29, 1.82) is 0 Å². The van der Waals surface area contributed by atoms with E-state index in [0.717, 1.165) is 54.5 Å². The van der Waals surface area contributed by atoms with E-state index >= 15 is 0 Å². The van der Waals surface area contributed by atoms with Gasteiger partial charge in [-0.25, -0.2) is 0 Å². The van der Waals surface area contributed by atoms with E-state index in [9.17, 15) is 0 Å². The summed E-state index contributed by atoms with van der Waals surface area (Å²) < 4.78 is 10.9. The van der Waals surface area contributed by atoms with Crippen LogP contribution < -0.4 is 14.8 Å². The highest BCUT2D eigenvalue weighted by Gasteiger charge is 2.28. The molecule has 28 heavy (non-hydrogen) atoms. The summed E-state index contributed by atoms with van der Waals surface area (Å²) in [5.41, 5.74) is 3.08. The van der Waals surface area contributed by atoms with Crippen LogP contribution >= 0.6 is 0 Å². The van der Waals surface area contributed by atoms with Crippen molar-refractivity contribution in [2.75, 3.05) is 33.9 Å². The fraction of sp³-hybridized carbons (Fsp3) is 0.609. The third kappa shape index (κ3) is 4.69. The molecule has 0 spiro atoms. The van der Waals surface area contributed by atoms with Crippen LogP contribution in [-0.2, 0) is 0 Å². The van der Waals surface area contributed by atoms with Gasteiger partial charge in [0.25, 0.3) is 0 Å². The number of aliphatic imine (C=N–C) groups is 1. The molecule has 1 N–H and O–H groups in total. The Bertz CT molecular complexity index is 704. The van der Waals surface area contributed by atoms with Crippen molar-refractivity contribution in [3.05, 3.63) is 23.8 Å². The number of allylic oxidation sites excluding steroid dienone is 1.